The van der Waals surface area contributed by atoms with Crippen molar-refractivity contribution in [3.8, 4) is 5.69 Å². The van der Waals surface area contributed by atoms with Gasteiger partial charge in [-0.05, 0) is 43.2 Å². The standard InChI is InChI=1S/C21H20ClN3O3/c1-3-15-8-7-9-16(12-15)23-18(26)13-28-21(27)19-14(2)24-25(20(19)22)17-10-5-4-6-11-17/h4-12H,3,13H2,1-2H3,(H,23,26). The molecular formula is C21H20ClN3O3. The summed E-state index contributed by atoms with van der Waals surface area (Å²) in [6, 6.07) is 16.7. The number of nitrogens with one attached hydrogen (secondary N) is 1. The Kier molecular flexibility index (Phi) is 6.11. The third kappa shape index (κ3) is 4.40. The van der Waals surface area contributed by atoms with Gasteiger partial charge in [0.15, 0.2) is 6.61 Å². The number of ether oxygens (including phenoxy) is 1. The minimum atomic E-state index is -0.692. The first-order chi connectivity index (χ1) is 13.5. The van der Waals surface area contributed by atoms with Crippen molar-refractivity contribution < 1.29 is 14.3 Å². The van der Waals surface area contributed by atoms with Crippen molar-refractivity contribution in [2.24, 2.45) is 0 Å². The molecule has 1 N–H and O–H groups in total. The highest BCUT2D eigenvalue weighted by Crippen LogP contribution is 2.24. The van der Waals surface area contributed by atoms with Gasteiger partial charge in [0.2, 0.25) is 0 Å². The number of benzene rings is 2. The van der Waals surface area contributed by atoms with E-state index < -0.39 is 18.5 Å². The second kappa shape index (κ2) is 8.71. The summed E-state index contributed by atoms with van der Waals surface area (Å²) in [5.41, 5.74) is 3.06. The number of para-hydroxylation sites is 1. The van der Waals surface area contributed by atoms with Crippen LogP contribution in [-0.2, 0) is 16.0 Å². The summed E-state index contributed by atoms with van der Waals surface area (Å²) in [7, 11) is 0. The molecule has 0 fully saturated rings. The van der Waals surface area contributed by atoms with Crippen LogP contribution in [0.25, 0.3) is 5.69 Å². The number of aryl methyl sites for hydroxylation is 2. The number of halogens is 1. The van der Waals surface area contributed by atoms with E-state index in [2.05, 4.69) is 10.4 Å². The number of rotatable bonds is 6. The van der Waals surface area contributed by atoms with E-state index in [1.54, 1.807) is 13.0 Å². The molecule has 0 unspecified atom stereocenters. The lowest BCUT2D eigenvalue weighted by molar-refractivity contribution is -0.119. The Morgan fingerprint density at radius 1 is 1.14 bits per heavy atom. The number of hydrogen-bond donors (Lipinski definition) is 1. The molecule has 3 aromatic rings. The van der Waals surface area contributed by atoms with Crippen LogP contribution in [0, 0.1) is 6.92 Å². The third-order valence-electron chi connectivity index (χ3n) is 4.16. The molecule has 28 heavy (non-hydrogen) atoms. The first kappa shape index (κ1) is 19.6. The zero-order valence-corrected chi connectivity index (χ0v) is 16.4. The van der Waals surface area contributed by atoms with Crippen LogP contribution < -0.4 is 5.32 Å². The van der Waals surface area contributed by atoms with Crippen molar-refractivity contribution in [1.82, 2.24) is 9.78 Å². The fraction of sp³-hybridized carbons (Fsp3) is 0.190. The van der Waals surface area contributed by atoms with Gasteiger partial charge >= 0.3 is 5.97 Å². The van der Waals surface area contributed by atoms with Crippen LogP contribution in [0.1, 0.15) is 28.5 Å². The molecule has 144 valence electrons. The monoisotopic (exact) mass is 397 g/mol. The molecule has 1 heterocycles. The summed E-state index contributed by atoms with van der Waals surface area (Å²) in [6.45, 7) is 3.28. The molecular weight excluding hydrogens is 378 g/mol. The lowest BCUT2D eigenvalue weighted by atomic mass is 10.1. The molecule has 0 atom stereocenters. The van der Waals surface area contributed by atoms with E-state index in [0.29, 0.717) is 11.4 Å². The second-order valence-corrected chi connectivity index (χ2v) is 6.53. The smallest absolute Gasteiger partial charge is 0.343 e. The Morgan fingerprint density at radius 2 is 1.89 bits per heavy atom. The fourth-order valence-electron chi connectivity index (χ4n) is 2.74. The van der Waals surface area contributed by atoms with E-state index >= 15 is 0 Å². The van der Waals surface area contributed by atoms with Gasteiger partial charge in [-0.1, -0.05) is 48.9 Å². The van der Waals surface area contributed by atoms with E-state index in [4.69, 9.17) is 16.3 Å². The highest BCUT2D eigenvalue weighted by molar-refractivity contribution is 6.33. The van der Waals surface area contributed by atoms with Gasteiger partial charge in [-0.3, -0.25) is 4.79 Å². The molecule has 0 aliphatic rings. The van der Waals surface area contributed by atoms with Crippen LogP contribution in [0.2, 0.25) is 5.15 Å². The van der Waals surface area contributed by atoms with Crippen LogP contribution in [-0.4, -0.2) is 28.3 Å². The third-order valence-corrected chi connectivity index (χ3v) is 4.51. The van der Waals surface area contributed by atoms with Crippen molar-refractivity contribution in [3.05, 3.63) is 76.6 Å². The highest BCUT2D eigenvalue weighted by atomic mass is 35.5. The maximum atomic E-state index is 12.4. The maximum absolute atomic E-state index is 12.4. The molecule has 0 saturated carbocycles. The summed E-state index contributed by atoms with van der Waals surface area (Å²) < 4.78 is 6.60. The number of carbonyl (C=O) groups excluding carboxylic acids is 2. The van der Waals surface area contributed by atoms with Gasteiger partial charge in [-0.2, -0.15) is 5.10 Å². The number of carbonyl (C=O) groups is 2. The normalized spacial score (nSPS) is 10.5. The van der Waals surface area contributed by atoms with Gasteiger partial charge in [0.1, 0.15) is 10.7 Å². The minimum absolute atomic E-state index is 0.143. The SMILES string of the molecule is CCc1cccc(NC(=O)COC(=O)c2c(C)nn(-c3ccccc3)c2Cl)c1. The Labute approximate surface area is 168 Å². The van der Waals surface area contributed by atoms with E-state index in [1.165, 1.54) is 4.68 Å². The quantitative estimate of drug-likeness (QED) is 0.633. The first-order valence-corrected chi connectivity index (χ1v) is 9.24. The van der Waals surface area contributed by atoms with Gasteiger partial charge in [0, 0.05) is 5.69 Å². The minimum Gasteiger partial charge on any atom is -0.452 e. The fourth-order valence-corrected chi connectivity index (χ4v) is 3.09. The summed E-state index contributed by atoms with van der Waals surface area (Å²) >= 11 is 6.34. The number of hydrogen-bond acceptors (Lipinski definition) is 4. The van der Waals surface area contributed by atoms with E-state index in [9.17, 15) is 9.59 Å². The predicted octanol–water partition coefficient (Wildman–Crippen LogP) is 4.19. The molecule has 0 aliphatic carbocycles. The number of anilines is 1. The molecule has 0 radical (unpaired) electrons. The maximum Gasteiger partial charge on any atom is 0.343 e. The Morgan fingerprint density at radius 3 is 2.61 bits per heavy atom. The molecule has 0 spiro atoms. The molecule has 1 aromatic heterocycles. The van der Waals surface area contributed by atoms with Gasteiger partial charge in [-0.15, -0.1) is 0 Å². The van der Waals surface area contributed by atoms with Crippen LogP contribution in [0.15, 0.2) is 54.6 Å². The van der Waals surface area contributed by atoms with Crippen LogP contribution >= 0.6 is 11.6 Å². The van der Waals surface area contributed by atoms with Crippen molar-refractivity contribution in [3.63, 3.8) is 0 Å². The van der Waals surface area contributed by atoms with Gasteiger partial charge in [-0.25, -0.2) is 9.48 Å². The highest BCUT2D eigenvalue weighted by Gasteiger charge is 2.23. The average molecular weight is 398 g/mol. The zero-order chi connectivity index (χ0) is 20.1. The second-order valence-electron chi connectivity index (χ2n) is 6.18. The van der Waals surface area contributed by atoms with Crippen molar-refractivity contribution in [1.29, 1.82) is 0 Å². The van der Waals surface area contributed by atoms with Gasteiger partial charge in [0.05, 0.1) is 11.4 Å². The van der Waals surface area contributed by atoms with Crippen LogP contribution in [0.3, 0.4) is 0 Å². The molecule has 2 aromatic carbocycles. The Balaban J connectivity index is 1.66. The Hall–Kier alpha value is -3.12. The summed E-state index contributed by atoms with van der Waals surface area (Å²) in [5.74, 6) is -1.12. The largest absolute Gasteiger partial charge is 0.452 e. The van der Waals surface area contributed by atoms with Crippen LogP contribution in [0.4, 0.5) is 5.69 Å². The molecule has 0 bridgehead atoms. The number of esters is 1. The number of nitrogens with zero attached hydrogens (tertiary/aromatic N) is 2. The van der Waals surface area contributed by atoms with Crippen LogP contribution in [0.5, 0.6) is 0 Å². The van der Waals surface area contributed by atoms with E-state index in [-0.39, 0.29) is 10.7 Å². The van der Waals surface area contributed by atoms with Gasteiger partial charge in [0.25, 0.3) is 5.91 Å². The lowest BCUT2D eigenvalue weighted by Gasteiger charge is -2.08. The zero-order valence-electron chi connectivity index (χ0n) is 15.6. The molecule has 0 aliphatic heterocycles. The predicted molar refractivity (Wildman–Crippen MR) is 108 cm³/mol. The van der Waals surface area contributed by atoms with E-state index in [0.717, 1.165) is 17.7 Å². The summed E-state index contributed by atoms with van der Waals surface area (Å²) in [6.07, 6.45) is 0.863. The first-order valence-electron chi connectivity index (χ1n) is 8.86. The average Bonchev–Trinajstić information content (AvgIpc) is 3.01. The number of aromatic nitrogens is 2. The van der Waals surface area contributed by atoms with E-state index in [1.807, 2.05) is 55.5 Å². The summed E-state index contributed by atoms with van der Waals surface area (Å²) in [5, 5.41) is 7.16. The molecule has 3 rings (SSSR count). The van der Waals surface area contributed by atoms with Gasteiger partial charge < -0.3 is 10.1 Å². The van der Waals surface area contributed by atoms with Crippen molar-refractivity contribution in [2.45, 2.75) is 20.3 Å². The molecule has 0 saturated heterocycles. The topological polar surface area (TPSA) is 73.2 Å². The lowest BCUT2D eigenvalue weighted by Crippen LogP contribution is -2.21. The molecule has 6 nitrogen and oxygen atoms in total. The molecule has 1 amide bonds. The van der Waals surface area contributed by atoms with Crippen molar-refractivity contribution in [2.75, 3.05) is 11.9 Å². The van der Waals surface area contributed by atoms with Crippen molar-refractivity contribution >= 4 is 29.2 Å². The Bertz CT molecular complexity index is 999. The summed E-state index contributed by atoms with van der Waals surface area (Å²) in [4.78, 5) is 24.6. The number of amides is 1. The molecule has 7 heteroatoms.